The highest BCUT2D eigenvalue weighted by Gasteiger charge is 2.58. The molecule has 3 nitrogen and oxygen atoms in total. The Labute approximate surface area is 80.0 Å². The van der Waals surface area contributed by atoms with Crippen LogP contribution in [-0.4, -0.2) is 29.7 Å². The van der Waals surface area contributed by atoms with E-state index in [4.69, 9.17) is 9.84 Å². The van der Waals surface area contributed by atoms with Crippen molar-refractivity contribution in [2.45, 2.75) is 44.3 Å². The van der Waals surface area contributed by atoms with Gasteiger partial charge in [0.2, 0.25) is 6.43 Å². The largest absolute Gasteiger partial charge is 0.481 e. The second kappa shape index (κ2) is 3.15. The summed E-state index contributed by atoms with van der Waals surface area (Å²) < 4.78 is 29.9. The molecule has 0 aromatic carbocycles. The van der Waals surface area contributed by atoms with Gasteiger partial charge in [-0.15, -0.1) is 0 Å². The standard InChI is InChI=1S/C9H12F2O3/c10-7(11)4-9(8(12)13)3-5-1-2-6(9)14-5/h5-7H,1-4H2,(H,12,13). The van der Waals surface area contributed by atoms with Gasteiger partial charge in [-0.2, -0.15) is 0 Å². The van der Waals surface area contributed by atoms with Crippen molar-refractivity contribution in [3.63, 3.8) is 0 Å². The maximum absolute atomic E-state index is 12.3. The summed E-state index contributed by atoms with van der Waals surface area (Å²) in [6.45, 7) is 0. The molecule has 2 fully saturated rings. The van der Waals surface area contributed by atoms with Gasteiger partial charge in [0, 0.05) is 6.42 Å². The molecule has 2 heterocycles. The molecule has 0 amide bonds. The third-order valence-electron chi connectivity index (χ3n) is 3.26. The maximum Gasteiger partial charge on any atom is 0.312 e. The van der Waals surface area contributed by atoms with Crippen molar-refractivity contribution in [1.29, 1.82) is 0 Å². The Morgan fingerprint density at radius 2 is 2.29 bits per heavy atom. The Hall–Kier alpha value is -0.710. The molecule has 0 aromatic heterocycles. The number of rotatable bonds is 3. The predicted molar refractivity (Wildman–Crippen MR) is 43.2 cm³/mol. The second-order valence-corrected chi connectivity index (χ2v) is 4.08. The van der Waals surface area contributed by atoms with E-state index in [2.05, 4.69) is 0 Å². The molecule has 2 bridgehead atoms. The van der Waals surface area contributed by atoms with Crippen molar-refractivity contribution in [2.24, 2.45) is 5.41 Å². The summed E-state index contributed by atoms with van der Waals surface area (Å²) in [6, 6.07) is 0. The van der Waals surface area contributed by atoms with Gasteiger partial charge in [0.15, 0.2) is 0 Å². The molecule has 2 saturated heterocycles. The Morgan fingerprint density at radius 3 is 2.64 bits per heavy atom. The summed E-state index contributed by atoms with van der Waals surface area (Å²) in [5, 5.41) is 9.02. The highest BCUT2D eigenvalue weighted by molar-refractivity contribution is 5.76. The number of carbonyl (C=O) groups is 1. The maximum atomic E-state index is 12.3. The van der Waals surface area contributed by atoms with Gasteiger partial charge in [-0.1, -0.05) is 0 Å². The molecule has 0 saturated carbocycles. The minimum absolute atomic E-state index is 0.116. The summed E-state index contributed by atoms with van der Waals surface area (Å²) in [5.74, 6) is -1.13. The van der Waals surface area contributed by atoms with Crippen molar-refractivity contribution in [3.8, 4) is 0 Å². The van der Waals surface area contributed by atoms with Gasteiger partial charge in [-0.05, 0) is 19.3 Å². The number of halogens is 2. The van der Waals surface area contributed by atoms with Crippen LogP contribution >= 0.6 is 0 Å². The van der Waals surface area contributed by atoms with E-state index in [9.17, 15) is 13.6 Å². The number of hydrogen-bond acceptors (Lipinski definition) is 2. The molecular weight excluding hydrogens is 194 g/mol. The van der Waals surface area contributed by atoms with Crippen LogP contribution in [0.4, 0.5) is 8.78 Å². The Kier molecular flexibility index (Phi) is 2.21. The summed E-state index contributed by atoms with van der Waals surface area (Å²) in [7, 11) is 0. The second-order valence-electron chi connectivity index (χ2n) is 4.08. The monoisotopic (exact) mass is 206 g/mol. The summed E-state index contributed by atoms with van der Waals surface area (Å²) in [5.41, 5.74) is -1.32. The van der Waals surface area contributed by atoms with E-state index in [1.807, 2.05) is 0 Å². The Bertz CT molecular complexity index is 256. The zero-order valence-electron chi connectivity index (χ0n) is 7.58. The molecule has 2 rings (SSSR count). The van der Waals surface area contributed by atoms with Gasteiger partial charge in [0.25, 0.3) is 0 Å². The van der Waals surface area contributed by atoms with Crippen molar-refractivity contribution in [1.82, 2.24) is 0 Å². The lowest BCUT2D eigenvalue weighted by atomic mass is 9.72. The van der Waals surface area contributed by atoms with Crippen molar-refractivity contribution < 1.29 is 23.4 Å². The van der Waals surface area contributed by atoms with E-state index >= 15 is 0 Å². The number of hydrogen-bond donors (Lipinski definition) is 1. The minimum atomic E-state index is -2.57. The van der Waals surface area contributed by atoms with Crippen molar-refractivity contribution in [3.05, 3.63) is 0 Å². The Balaban J connectivity index is 2.20. The fourth-order valence-corrected chi connectivity index (χ4v) is 2.60. The van der Waals surface area contributed by atoms with Crippen molar-refractivity contribution >= 4 is 5.97 Å². The highest BCUT2D eigenvalue weighted by atomic mass is 19.3. The molecule has 3 unspecified atom stereocenters. The summed E-state index contributed by atoms with van der Waals surface area (Å²) >= 11 is 0. The zero-order valence-corrected chi connectivity index (χ0v) is 7.58. The van der Waals surface area contributed by atoms with Gasteiger partial charge in [-0.25, -0.2) is 8.78 Å². The minimum Gasteiger partial charge on any atom is -0.481 e. The molecule has 0 aliphatic carbocycles. The molecule has 2 aliphatic rings. The average Bonchev–Trinajstić information content (AvgIpc) is 2.61. The predicted octanol–water partition coefficient (Wildman–Crippen LogP) is 1.66. The van der Waals surface area contributed by atoms with Crippen LogP contribution in [0.1, 0.15) is 25.7 Å². The SMILES string of the molecule is O=C(O)C1(CC(F)F)CC2CCC1O2. The normalized spacial score (nSPS) is 40.8. The van der Waals surface area contributed by atoms with Crippen LogP contribution in [0.15, 0.2) is 0 Å². The average molecular weight is 206 g/mol. The number of carboxylic acids is 1. The van der Waals surface area contributed by atoms with Gasteiger partial charge in [0.05, 0.1) is 12.2 Å². The molecule has 5 heteroatoms. The van der Waals surface area contributed by atoms with Crippen LogP contribution < -0.4 is 0 Å². The number of fused-ring (bicyclic) bond motifs is 2. The molecule has 0 spiro atoms. The van der Waals surface area contributed by atoms with Gasteiger partial charge >= 0.3 is 5.97 Å². The third-order valence-corrected chi connectivity index (χ3v) is 3.26. The fourth-order valence-electron chi connectivity index (χ4n) is 2.60. The van der Waals surface area contributed by atoms with Crippen molar-refractivity contribution in [2.75, 3.05) is 0 Å². The lowest BCUT2D eigenvalue weighted by Gasteiger charge is -2.30. The fraction of sp³-hybridized carbons (Fsp3) is 0.889. The molecule has 14 heavy (non-hydrogen) atoms. The van der Waals surface area contributed by atoms with Gasteiger partial charge in [-0.3, -0.25) is 4.79 Å². The van der Waals surface area contributed by atoms with E-state index in [0.717, 1.165) is 6.42 Å². The lowest BCUT2D eigenvalue weighted by Crippen LogP contribution is -2.41. The van der Waals surface area contributed by atoms with Gasteiger partial charge in [0.1, 0.15) is 5.41 Å². The lowest BCUT2D eigenvalue weighted by molar-refractivity contribution is -0.155. The van der Waals surface area contributed by atoms with Crippen LogP contribution in [0.25, 0.3) is 0 Å². The van der Waals surface area contributed by atoms with Crippen LogP contribution in [0.2, 0.25) is 0 Å². The Morgan fingerprint density at radius 1 is 1.57 bits per heavy atom. The van der Waals surface area contributed by atoms with E-state index in [1.54, 1.807) is 0 Å². The van der Waals surface area contributed by atoms with Crippen LogP contribution in [0, 0.1) is 5.41 Å². The molecule has 2 aliphatic heterocycles. The number of carboxylic acid groups (broad SMARTS) is 1. The van der Waals surface area contributed by atoms with E-state index in [1.165, 1.54) is 0 Å². The van der Waals surface area contributed by atoms with Crippen LogP contribution in [0.5, 0.6) is 0 Å². The van der Waals surface area contributed by atoms with Crippen LogP contribution in [-0.2, 0) is 9.53 Å². The molecular formula is C9H12F2O3. The molecule has 3 atom stereocenters. The van der Waals surface area contributed by atoms with Crippen LogP contribution in [0.3, 0.4) is 0 Å². The number of aliphatic carboxylic acids is 1. The molecule has 0 radical (unpaired) electrons. The van der Waals surface area contributed by atoms with Gasteiger partial charge < -0.3 is 9.84 Å². The van der Waals surface area contributed by atoms with E-state index in [0.29, 0.717) is 6.42 Å². The summed E-state index contributed by atoms with van der Waals surface area (Å²) in [4.78, 5) is 11.0. The first-order valence-electron chi connectivity index (χ1n) is 4.71. The number of ether oxygens (including phenoxy) is 1. The quantitative estimate of drug-likeness (QED) is 0.763. The van der Waals surface area contributed by atoms with E-state index < -0.39 is 30.3 Å². The molecule has 0 aromatic rings. The highest BCUT2D eigenvalue weighted by Crippen LogP contribution is 2.50. The topological polar surface area (TPSA) is 46.5 Å². The first-order chi connectivity index (χ1) is 6.54. The molecule has 1 N–H and O–H groups in total. The number of alkyl halides is 2. The first kappa shape index (κ1) is 9.83. The summed E-state index contributed by atoms with van der Waals surface area (Å²) in [6.07, 6.45) is -2.11. The smallest absolute Gasteiger partial charge is 0.312 e. The zero-order chi connectivity index (χ0) is 10.3. The third kappa shape index (κ3) is 1.30. The van der Waals surface area contributed by atoms with E-state index in [-0.39, 0.29) is 12.5 Å². The molecule has 80 valence electrons. The first-order valence-corrected chi connectivity index (χ1v) is 4.71.